The fourth-order valence-corrected chi connectivity index (χ4v) is 1.67. The number of hydrogen-bond donors (Lipinski definition) is 3. The Morgan fingerprint density at radius 3 is 2.37 bits per heavy atom. The van der Waals surface area contributed by atoms with Crippen molar-refractivity contribution in [3.8, 4) is 0 Å². The number of urea groups is 1. The molecule has 0 saturated carbocycles. The molecule has 0 bridgehead atoms. The van der Waals surface area contributed by atoms with Crippen molar-refractivity contribution in [2.24, 2.45) is 0 Å². The maximum atomic E-state index is 12.7. The maximum Gasteiger partial charge on any atom is 0.329 e. The third kappa shape index (κ3) is 4.24. The summed E-state index contributed by atoms with van der Waals surface area (Å²) in [6, 6.07) is 4.57. The normalized spacial score (nSPS) is 13.4. The molecule has 1 unspecified atom stereocenters. The molecule has 0 radical (unpaired) electrons. The molecule has 0 aliphatic rings. The monoisotopic (exact) mass is 268 g/mol. The number of anilines is 1. The molecule has 104 valence electrons. The quantitative estimate of drug-likeness (QED) is 0.768. The van der Waals surface area contributed by atoms with Gasteiger partial charge in [-0.15, -0.1) is 0 Å². The van der Waals surface area contributed by atoms with Gasteiger partial charge in [0, 0.05) is 5.69 Å². The van der Waals surface area contributed by atoms with Crippen molar-refractivity contribution < 1.29 is 19.1 Å². The van der Waals surface area contributed by atoms with Gasteiger partial charge in [0.25, 0.3) is 0 Å². The van der Waals surface area contributed by atoms with Gasteiger partial charge >= 0.3 is 12.0 Å². The fourth-order valence-electron chi connectivity index (χ4n) is 1.67. The second-order valence-corrected chi connectivity index (χ2v) is 4.47. The molecular weight excluding hydrogens is 251 g/mol. The topological polar surface area (TPSA) is 78.4 Å². The molecule has 2 amide bonds. The first-order chi connectivity index (χ1) is 8.87. The number of hydrogen-bond acceptors (Lipinski definition) is 2. The van der Waals surface area contributed by atoms with Gasteiger partial charge in [-0.1, -0.05) is 13.3 Å². The van der Waals surface area contributed by atoms with Crippen molar-refractivity contribution in [1.29, 1.82) is 0 Å². The summed E-state index contributed by atoms with van der Waals surface area (Å²) in [5.74, 6) is -1.50. The third-order valence-electron chi connectivity index (χ3n) is 2.71. The molecule has 0 spiro atoms. The summed E-state index contributed by atoms with van der Waals surface area (Å²) in [5, 5.41) is 14.0. The van der Waals surface area contributed by atoms with E-state index >= 15 is 0 Å². The number of amides is 2. The number of carboxylic acids is 1. The average Bonchev–Trinajstić information content (AvgIpc) is 2.32. The highest BCUT2D eigenvalue weighted by Gasteiger charge is 2.33. The summed E-state index contributed by atoms with van der Waals surface area (Å²) >= 11 is 0. The summed E-state index contributed by atoms with van der Waals surface area (Å²) < 4.78 is 12.7. The highest BCUT2D eigenvalue weighted by molar-refractivity contribution is 5.93. The van der Waals surface area contributed by atoms with Gasteiger partial charge in [-0.05, 0) is 37.6 Å². The van der Waals surface area contributed by atoms with Gasteiger partial charge in [-0.25, -0.2) is 14.0 Å². The molecule has 1 aromatic rings. The van der Waals surface area contributed by atoms with Gasteiger partial charge < -0.3 is 15.7 Å². The minimum Gasteiger partial charge on any atom is -0.480 e. The lowest BCUT2D eigenvalue weighted by Crippen LogP contribution is -2.53. The number of aliphatic carboxylic acids is 1. The lowest BCUT2D eigenvalue weighted by molar-refractivity contribution is -0.143. The predicted molar refractivity (Wildman–Crippen MR) is 69.5 cm³/mol. The Hall–Kier alpha value is -2.11. The molecule has 0 heterocycles. The number of carbonyl (C=O) groups excluding carboxylic acids is 1. The molecule has 0 fully saturated rings. The van der Waals surface area contributed by atoms with Gasteiger partial charge in [-0.2, -0.15) is 0 Å². The van der Waals surface area contributed by atoms with Crippen LogP contribution in [0.5, 0.6) is 0 Å². The molecule has 5 nitrogen and oxygen atoms in total. The minimum absolute atomic E-state index is 0.319. The summed E-state index contributed by atoms with van der Waals surface area (Å²) in [6.07, 6.45) is 0.943. The molecular formula is C13H17FN2O3. The predicted octanol–water partition coefficient (Wildman–Crippen LogP) is 2.59. The lowest BCUT2D eigenvalue weighted by Gasteiger charge is -2.25. The zero-order chi connectivity index (χ0) is 14.5. The molecule has 6 heteroatoms. The first-order valence-electron chi connectivity index (χ1n) is 5.95. The zero-order valence-electron chi connectivity index (χ0n) is 10.9. The van der Waals surface area contributed by atoms with Crippen LogP contribution in [0, 0.1) is 5.82 Å². The van der Waals surface area contributed by atoms with Crippen molar-refractivity contribution in [2.45, 2.75) is 32.2 Å². The zero-order valence-corrected chi connectivity index (χ0v) is 10.9. The molecule has 3 N–H and O–H groups in total. The van der Waals surface area contributed by atoms with E-state index in [2.05, 4.69) is 10.6 Å². The van der Waals surface area contributed by atoms with Crippen LogP contribution in [0.3, 0.4) is 0 Å². The van der Waals surface area contributed by atoms with E-state index in [1.165, 1.54) is 31.2 Å². The number of nitrogens with one attached hydrogen (secondary N) is 2. The Balaban J connectivity index is 2.68. The van der Waals surface area contributed by atoms with Crippen LogP contribution in [0.25, 0.3) is 0 Å². The minimum atomic E-state index is -1.32. The largest absolute Gasteiger partial charge is 0.480 e. The summed E-state index contributed by atoms with van der Waals surface area (Å²) in [7, 11) is 0. The summed E-state index contributed by atoms with van der Waals surface area (Å²) in [4.78, 5) is 22.9. The van der Waals surface area contributed by atoms with Crippen LogP contribution in [-0.2, 0) is 4.79 Å². The van der Waals surface area contributed by atoms with E-state index in [1.54, 1.807) is 0 Å². The van der Waals surface area contributed by atoms with Gasteiger partial charge in [0.15, 0.2) is 0 Å². The van der Waals surface area contributed by atoms with E-state index in [1.807, 2.05) is 6.92 Å². The maximum absolute atomic E-state index is 12.7. The smallest absolute Gasteiger partial charge is 0.329 e. The number of carboxylic acid groups (broad SMARTS) is 1. The van der Waals surface area contributed by atoms with Crippen LogP contribution in [-0.4, -0.2) is 22.6 Å². The first-order valence-corrected chi connectivity index (χ1v) is 5.95. The van der Waals surface area contributed by atoms with Crippen molar-refractivity contribution in [1.82, 2.24) is 5.32 Å². The first kappa shape index (κ1) is 14.9. The van der Waals surface area contributed by atoms with Crippen LogP contribution in [0.1, 0.15) is 26.7 Å². The highest BCUT2D eigenvalue weighted by Crippen LogP contribution is 2.14. The van der Waals surface area contributed by atoms with Crippen molar-refractivity contribution >= 4 is 17.7 Å². The SMILES string of the molecule is CCCC(C)(NC(=O)Nc1ccc(F)cc1)C(=O)O. The van der Waals surface area contributed by atoms with Crippen LogP contribution >= 0.6 is 0 Å². The van der Waals surface area contributed by atoms with E-state index in [-0.39, 0.29) is 0 Å². The molecule has 0 saturated heterocycles. The van der Waals surface area contributed by atoms with Crippen molar-refractivity contribution in [3.05, 3.63) is 30.1 Å². The van der Waals surface area contributed by atoms with Crippen molar-refractivity contribution in [3.63, 3.8) is 0 Å². The van der Waals surface area contributed by atoms with E-state index < -0.39 is 23.4 Å². The molecule has 1 aromatic carbocycles. The van der Waals surface area contributed by atoms with E-state index in [4.69, 9.17) is 5.11 Å². The Morgan fingerprint density at radius 2 is 1.89 bits per heavy atom. The van der Waals surface area contributed by atoms with Gasteiger partial charge in [0.2, 0.25) is 0 Å². The molecule has 0 aromatic heterocycles. The molecule has 1 rings (SSSR count). The fraction of sp³-hybridized carbons (Fsp3) is 0.385. The Morgan fingerprint density at radius 1 is 1.32 bits per heavy atom. The van der Waals surface area contributed by atoms with Crippen LogP contribution < -0.4 is 10.6 Å². The number of rotatable bonds is 5. The Kier molecular flexibility index (Phi) is 4.86. The van der Waals surface area contributed by atoms with E-state index in [9.17, 15) is 14.0 Å². The summed E-state index contributed by atoms with van der Waals surface area (Å²) in [5.41, 5.74) is -0.929. The average molecular weight is 268 g/mol. The summed E-state index contributed by atoms with van der Waals surface area (Å²) in [6.45, 7) is 3.28. The molecule has 19 heavy (non-hydrogen) atoms. The second kappa shape index (κ2) is 6.17. The Bertz CT molecular complexity index is 461. The van der Waals surface area contributed by atoms with Gasteiger partial charge in [-0.3, -0.25) is 0 Å². The molecule has 0 aliphatic carbocycles. The van der Waals surface area contributed by atoms with Gasteiger partial charge in [0.05, 0.1) is 0 Å². The molecule has 0 aliphatic heterocycles. The van der Waals surface area contributed by atoms with Crippen LogP contribution in [0.4, 0.5) is 14.9 Å². The number of halogens is 1. The van der Waals surface area contributed by atoms with Crippen LogP contribution in [0.15, 0.2) is 24.3 Å². The van der Waals surface area contributed by atoms with Gasteiger partial charge in [0.1, 0.15) is 11.4 Å². The molecule has 1 atom stereocenters. The number of benzene rings is 1. The highest BCUT2D eigenvalue weighted by atomic mass is 19.1. The van der Waals surface area contributed by atoms with Crippen LogP contribution in [0.2, 0.25) is 0 Å². The third-order valence-corrected chi connectivity index (χ3v) is 2.71. The Labute approximate surface area is 110 Å². The standard InChI is InChI=1S/C13H17FN2O3/c1-3-8-13(2,11(17)18)16-12(19)15-10-6-4-9(14)5-7-10/h4-7H,3,8H2,1-2H3,(H,17,18)(H2,15,16,19). The number of carbonyl (C=O) groups is 2. The van der Waals surface area contributed by atoms with E-state index in [0.717, 1.165) is 0 Å². The van der Waals surface area contributed by atoms with Crippen molar-refractivity contribution in [2.75, 3.05) is 5.32 Å². The lowest BCUT2D eigenvalue weighted by atomic mass is 9.97. The van der Waals surface area contributed by atoms with E-state index in [0.29, 0.717) is 18.5 Å². The second-order valence-electron chi connectivity index (χ2n) is 4.47.